The highest BCUT2D eigenvalue weighted by molar-refractivity contribution is 9.10. The maximum absolute atomic E-state index is 13.1. The number of amides is 2. The lowest BCUT2D eigenvalue weighted by molar-refractivity contribution is -0.122. The number of ether oxygens (including phenoxy) is 2. The van der Waals surface area contributed by atoms with Gasteiger partial charge in [-0.3, -0.25) is 19.8 Å². The number of rotatable bonds is 4. The van der Waals surface area contributed by atoms with Crippen LogP contribution in [-0.4, -0.2) is 31.1 Å². The number of thiocarbonyl (C=S) groups is 1. The molecule has 2 amide bonds. The number of anilines is 1. The zero-order valence-electron chi connectivity index (χ0n) is 15.1. The van der Waals surface area contributed by atoms with E-state index in [1.54, 1.807) is 24.3 Å². The molecule has 10 heteroatoms. The Morgan fingerprint density at radius 3 is 2.48 bits per heavy atom. The third-order valence-electron chi connectivity index (χ3n) is 4.02. The SMILES string of the molecule is COc1cc(C=C2C(=O)NC(=S)N(c3ccc(Cl)cc3Cl)C2=O)cc(Br)c1OC. The number of hydrogen-bond donors (Lipinski definition) is 1. The summed E-state index contributed by atoms with van der Waals surface area (Å²) in [5, 5.41) is 3.06. The van der Waals surface area contributed by atoms with E-state index < -0.39 is 11.8 Å². The van der Waals surface area contributed by atoms with Gasteiger partial charge in [0.25, 0.3) is 11.8 Å². The number of nitrogens with zero attached hydrogens (tertiary/aromatic N) is 1. The normalized spacial score (nSPS) is 15.6. The number of carbonyl (C=O) groups excluding carboxylic acids is 2. The van der Waals surface area contributed by atoms with E-state index in [-0.39, 0.29) is 15.7 Å². The van der Waals surface area contributed by atoms with E-state index in [1.165, 1.54) is 26.4 Å². The van der Waals surface area contributed by atoms with Gasteiger partial charge in [-0.2, -0.15) is 0 Å². The van der Waals surface area contributed by atoms with E-state index in [2.05, 4.69) is 21.2 Å². The highest BCUT2D eigenvalue weighted by atomic mass is 79.9. The number of hydrogen-bond acceptors (Lipinski definition) is 5. The standard InChI is InChI=1S/C19H13BrCl2N2O4S/c1-27-15-7-9(6-12(20)16(15)28-2)5-11-17(25)23-19(29)24(18(11)26)14-4-3-10(21)8-13(14)22/h3-8H,1-2H3,(H,23,25,29). The van der Waals surface area contributed by atoms with Crippen molar-refractivity contribution in [2.45, 2.75) is 0 Å². The molecule has 2 aromatic carbocycles. The van der Waals surface area contributed by atoms with Crippen molar-refractivity contribution in [3.8, 4) is 11.5 Å². The van der Waals surface area contributed by atoms with E-state index >= 15 is 0 Å². The number of nitrogens with one attached hydrogen (secondary N) is 1. The summed E-state index contributed by atoms with van der Waals surface area (Å²) in [5.74, 6) is -0.309. The Morgan fingerprint density at radius 2 is 1.86 bits per heavy atom. The van der Waals surface area contributed by atoms with Crippen LogP contribution in [0.2, 0.25) is 10.0 Å². The van der Waals surface area contributed by atoms with Gasteiger partial charge in [-0.15, -0.1) is 0 Å². The molecule has 2 aromatic rings. The van der Waals surface area contributed by atoms with Gasteiger partial charge in [0.15, 0.2) is 16.6 Å². The molecule has 0 radical (unpaired) electrons. The van der Waals surface area contributed by atoms with Gasteiger partial charge in [-0.05, 0) is 70.1 Å². The molecule has 0 atom stereocenters. The van der Waals surface area contributed by atoms with Crippen LogP contribution >= 0.6 is 51.3 Å². The van der Waals surface area contributed by atoms with Crippen LogP contribution in [-0.2, 0) is 9.59 Å². The first-order valence-electron chi connectivity index (χ1n) is 8.04. The molecule has 29 heavy (non-hydrogen) atoms. The van der Waals surface area contributed by atoms with Gasteiger partial charge < -0.3 is 9.47 Å². The van der Waals surface area contributed by atoms with E-state index in [0.717, 1.165) is 4.90 Å². The summed E-state index contributed by atoms with van der Waals surface area (Å²) in [6.45, 7) is 0. The summed E-state index contributed by atoms with van der Waals surface area (Å²) in [4.78, 5) is 26.7. The first-order valence-corrected chi connectivity index (χ1v) is 10.0. The number of benzene rings is 2. The van der Waals surface area contributed by atoms with E-state index in [9.17, 15) is 9.59 Å². The van der Waals surface area contributed by atoms with Gasteiger partial charge in [0.2, 0.25) is 0 Å². The van der Waals surface area contributed by atoms with Gasteiger partial charge >= 0.3 is 0 Å². The predicted molar refractivity (Wildman–Crippen MR) is 120 cm³/mol. The van der Waals surface area contributed by atoms with Crippen molar-refractivity contribution in [2.75, 3.05) is 19.1 Å². The lowest BCUT2D eigenvalue weighted by atomic mass is 10.1. The first kappa shape index (κ1) is 21.6. The fourth-order valence-electron chi connectivity index (χ4n) is 2.73. The molecule has 1 N–H and O–H groups in total. The lowest BCUT2D eigenvalue weighted by Gasteiger charge is -2.29. The van der Waals surface area contributed by atoms with E-state index in [4.69, 9.17) is 44.9 Å². The van der Waals surface area contributed by atoms with Crippen LogP contribution in [0.25, 0.3) is 6.08 Å². The molecule has 0 saturated carbocycles. The van der Waals surface area contributed by atoms with Gasteiger partial charge in [-0.1, -0.05) is 23.2 Å². The number of carbonyl (C=O) groups is 2. The van der Waals surface area contributed by atoms with Crippen molar-refractivity contribution >= 4 is 80.0 Å². The van der Waals surface area contributed by atoms with Gasteiger partial charge in [0.05, 0.1) is 29.4 Å². The van der Waals surface area contributed by atoms with Crippen molar-refractivity contribution in [1.82, 2.24) is 5.32 Å². The Balaban J connectivity index is 2.07. The monoisotopic (exact) mass is 514 g/mol. The maximum Gasteiger partial charge on any atom is 0.270 e. The molecule has 150 valence electrons. The summed E-state index contributed by atoms with van der Waals surface area (Å²) in [6.07, 6.45) is 1.43. The Hall–Kier alpha value is -2.13. The van der Waals surface area contributed by atoms with Crippen molar-refractivity contribution in [2.24, 2.45) is 0 Å². The highest BCUT2D eigenvalue weighted by Gasteiger charge is 2.35. The van der Waals surface area contributed by atoms with E-state index in [0.29, 0.717) is 32.2 Å². The molecule has 1 aliphatic heterocycles. The molecule has 0 aliphatic carbocycles. The smallest absolute Gasteiger partial charge is 0.270 e. The van der Waals surface area contributed by atoms with Gasteiger partial charge in [0, 0.05) is 5.02 Å². The van der Waals surface area contributed by atoms with Crippen LogP contribution in [0.5, 0.6) is 11.5 Å². The zero-order valence-corrected chi connectivity index (χ0v) is 19.0. The fourth-order valence-corrected chi connectivity index (χ4v) is 4.12. The molecule has 1 heterocycles. The van der Waals surface area contributed by atoms with Crippen molar-refractivity contribution in [3.05, 3.63) is 56.0 Å². The van der Waals surface area contributed by atoms with Crippen LogP contribution in [0.4, 0.5) is 5.69 Å². The largest absolute Gasteiger partial charge is 0.493 e. The Bertz CT molecular complexity index is 1070. The molecule has 1 aliphatic rings. The van der Waals surface area contributed by atoms with Crippen LogP contribution in [0.15, 0.2) is 40.4 Å². The minimum Gasteiger partial charge on any atom is -0.493 e. The zero-order chi connectivity index (χ0) is 21.3. The van der Waals surface area contributed by atoms with E-state index in [1.807, 2.05) is 0 Å². The molecular weight excluding hydrogens is 503 g/mol. The van der Waals surface area contributed by atoms with Crippen molar-refractivity contribution in [3.63, 3.8) is 0 Å². The quantitative estimate of drug-likeness (QED) is 0.366. The Kier molecular flexibility index (Phi) is 6.48. The van der Waals surface area contributed by atoms with Crippen LogP contribution in [0.3, 0.4) is 0 Å². The summed E-state index contributed by atoms with van der Waals surface area (Å²) in [6, 6.07) is 7.95. The van der Waals surface area contributed by atoms with Crippen LogP contribution < -0.4 is 19.7 Å². The molecule has 0 aromatic heterocycles. The second-order valence-corrected chi connectivity index (χ2v) is 7.88. The van der Waals surface area contributed by atoms with Gasteiger partial charge in [0.1, 0.15) is 5.57 Å². The van der Waals surface area contributed by atoms with Gasteiger partial charge in [-0.25, -0.2) is 0 Å². The molecule has 6 nitrogen and oxygen atoms in total. The third-order valence-corrected chi connectivity index (χ3v) is 5.43. The third kappa shape index (κ3) is 4.25. The highest BCUT2D eigenvalue weighted by Crippen LogP contribution is 2.37. The molecule has 1 saturated heterocycles. The molecule has 0 spiro atoms. The predicted octanol–water partition coefficient (Wildman–Crippen LogP) is 4.60. The first-order chi connectivity index (χ1) is 13.8. The lowest BCUT2D eigenvalue weighted by Crippen LogP contribution is -2.54. The maximum atomic E-state index is 13.1. The van der Waals surface area contributed by atoms with Crippen molar-refractivity contribution in [1.29, 1.82) is 0 Å². The number of methoxy groups -OCH3 is 2. The molecular formula is C19H13BrCl2N2O4S. The Morgan fingerprint density at radius 1 is 1.14 bits per heavy atom. The Labute approximate surface area is 190 Å². The van der Waals surface area contributed by atoms with Crippen LogP contribution in [0, 0.1) is 0 Å². The minimum absolute atomic E-state index is 0.0742. The fraction of sp³-hybridized carbons (Fsp3) is 0.105. The topological polar surface area (TPSA) is 67.9 Å². The molecule has 3 rings (SSSR count). The average Bonchev–Trinajstić information content (AvgIpc) is 2.66. The van der Waals surface area contributed by atoms with Crippen LogP contribution in [0.1, 0.15) is 5.56 Å². The average molecular weight is 516 g/mol. The molecule has 0 unspecified atom stereocenters. The summed E-state index contributed by atoms with van der Waals surface area (Å²) < 4.78 is 11.2. The summed E-state index contributed by atoms with van der Waals surface area (Å²) in [5.41, 5.74) is 0.734. The molecule has 1 fully saturated rings. The molecule has 0 bridgehead atoms. The van der Waals surface area contributed by atoms with Crippen molar-refractivity contribution < 1.29 is 19.1 Å². The number of halogens is 3. The summed E-state index contributed by atoms with van der Waals surface area (Å²) in [7, 11) is 3.00. The second kappa shape index (κ2) is 8.71. The second-order valence-electron chi connectivity index (χ2n) is 5.79. The summed E-state index contributed by atoms with van der Waals surface area (Å²) >= 11 is 20.7. The minimum atomic E-state index is -0.618.